The molecule has 0 bridgehead atoms. The van der Waals surface area contributed by atoms with E-state index < -0.39 is 0 Å². The highest BCUT2D eigenvalue weighted by atomic mass is 15.3. The van der Waals surface area contributed by atoms with Gasteiger partial charge >= 0.3 is 0 Å². The van der Waals surface area contributed by atoms with Gasteiger partial charge in [0.05, 0.1) is 6.20 Å². The highest BCUT2D eigenvalue weighted by Gasteiger charge is 2.32. The molecular formula is C15H27N3. The first-order chi connectivity index (χ1) is 8.70. The van der Waals surface area contributed by atoms with Crippen LogP contribution in [0.2, 0.25) is 0 Å². The van der Waals surface area contributed by atoms with Crippen molar-refractivity contribution in [2.75, 3.05) is 13.1 Å². The molecule has 2 unspecified atom stereocenters. The van der Waals surface area contributed by atoms with Gasteiger partial charge in [-0.25, -0.2) is 0 Å². The topological polar surface area (TPSA) is 29.9 Å². The molecule has 1 aliphatic rings. The summed E-state index contributed by atoms with van der Waals surface area (Å²) < 4.78 is 2.09. The number of nitrogens with one attached hydrogen (secondary N) is 1. The van der Waals surface area contributed by atoms with E-state index in [9.17, 15) is 0 Å². The lowest BCUT2D eigenvalue weighted by Gasteiger charge is -2.36. The van der Waals surface area contributed by atoms with E-state index in [4.69, 9.17) is 0 Å². The second-order valence-corrected chi connectivity index (χ2v) is 6.03. The van der Waals surface area contributed by atoms with Crippen molar-refractivity contribution >= 4 is 0 Å². The van der Waals surface area contributed by atoms with Crippen LogP contribution in [0.25, 0.3) is 0 Å². The molecule has 3 heteroatoms. The van der Waals surface area contributed by atoms with Crippen LogP contribution in [0.1, 0.15) is 51.5 Å². The van der Waals surface area contributed by atoms with Crippen LogP contribution in [-0.2, 0) is 6.54 Å². The van der Waals surface area contributed by atoms with Crippen LogP contribution in [0, 0.1) is 11.8 Å². The lowest BCUT2D eigenvalue weighted by molar-refractivity contribution is 0.243. The molecule has 1 aliphatic carbocycles. The van der Waals surface area contributed by atoms with Gasteiger partial charge in [0.15, 0.2) is 0 Å². The zero-order valence-corrected chi connectivity index (χ0v) is 12.0. The van der Waals surface area contributed by atoms with Crippen LogP contribution in [0.3, 0.4) is 0 Å². The van der Waals surface area contributed by atoms with Crippen LogP contribution in [0.4, 0.5) is 0 Å². The van der Waals surface area contributed by atoms with E-state index in [-0.39, 0.29) is 0 Å². The summed E-state index contributed by atoms with van der Waals surface area (Å²) in [5.74, 6) is 2.31. The zero-order valence-electron chi connectivity index (χ0n) is 12.0. The predicted molar refractivity (Wildman–Crippen MR) is 75.7 cm³/mol. The second-order valence-electron chi connectivity index (χ2n) is 6.03. The Morgan fingerprint density at radius 2 is 2.28 bits per heavy atom. The Morgan fingerprint density at radius 3 is 2.89 bits per heavy atom. The SMILES string of the molecule is CCCn1cc(C2CCC2CNCC(C)C)cn1. The molecule has 0 saturated heterocycles. The van der Waals surface area contributed by atoms with Crippen LogP contribution in [0.15, 0.2) is 12.4 Å². The Morgan fingerprint density at radius 1 is 1.44 bits per heavy atom. The molecule has 102 valence electrons. The normalized spacial score (nSPS) is 23.3. The van der Waals surface area contributed by atoms with Gasteiger partial charge in [-0.3, -0.25) is 4.68 Å². The van der Waals surface area contributed by atoms with Crippen molar-refractivity contribution in [3.05, 3.63) is 18.0 Å². The third-order valence-corrected chi connectivity index (χ3v) is 3.91. The van der Waals surface area contributed by atoms with Gasteiger partial charge in [-0.05, 0) is 55.7 Å². The maximum Gasteiger partial charge on any atom is 0.0524 e. The number of aromatic nitrogens is 2. The molecule has 0 amide bonds. The van der Waals surface area contributed by atoms with Crippen LogP contribution >= 0.6 is 0 Å². The number of aryl methyl sites for hydroxylation is 1. The van der Waals surface area contributed by atoms with Gasteiger partial charge in [0.2, 0.25) is 0 Å². The van der Waals surface area contributed by atoms with Crippen molar-refractivity contribution in [3.63, 3.8) is 0 Å². The van der Waals surface area contributed by atoms with E-state index in [1.54, 1.807) is 0 Å². The van der Waals surface area contributed by atoms with E-state index in [1.807, 2.05) is 0 Å². The second kappa shape index (κ2) is 6.37. The monoisotopic (exact) mass is 249 g/mol. The van der Waals surface area contributed by atoms with Crippen LogP contribution in [-0.4, -0.2) is 22.9 Å². The average Bonchev–Trinajstić information content (AvgIpc) is 2.71. The summed E-state index contributed by atoms with van der Waals surface area (Å²) in [7, 11) is 0. The first-order valence-electron chi connectivity index (χ1n) is 7.43. The van der Waals surface area contributed by atoms with E-state index >= 15 is 0 Å². The highest BCUT2D eigenvalue weighted by molar-refractivity contribution is 5.16. The molecule has 0 aliphatic heterocycles. The summed E-state index contributed by atoms with van der Waals surface area (Å²) in [5.41, 5.74) is 1.45. The summed E-state index contributed by atoms with van der Waals surface area (Å²) in [6, 6.07) is 0. The fraction of sp³-hybridized carbons (Fsp3) is 0.800. The average molecular weight is 249 g/mol. The Balaban J connectivity index is 1.81. The summed E-state index contributed by atoms with van der Waals surface area (Å²) in [5, 5.41) is 8.04. The Labute approximate surface area is 111 Å². The van der Waals surface area contributed by atoms with Crippen molar-refractivity contribution in [3.8, 4) is 0 Å². The first-order valence-corrected chi connectivity index (χ1v) is 7.43. The fourth-order valence-corrected chi connectivity index (χ4v) is 2.73. The molecule has 0 radical (unpaired) electrons. The molecule has 1 fully saturated rings. The standard InChI is InChI=1S/C15H27N3/c1-4-7-18-11-14(10-17-18)15-6-5-13(15)9-16-8-12(2)3/h10-13,15-16H,4-9H2,1-3H3. The third-order valence-electron chi connectivity index (χ3n) is 3.91. The molecule has 2 atom stereocenters. The summed E-state index contributed by atoms with van der Waals surface area (Å²) in [6.07, 6.45) is 8.20. The minimum Gasteiger partial charge on any atom is -0.316 e. The maximum absolute atomic E-state index is 4.45. The van der Waals surface area contributed by atoms with Gasteiger partial charge in [0.25, 0.3) is 0 Å². The summed E-state index contributed by atoms with van der Waals surface area (Å²) in [6.45, 7) is 10.1. The van der Waals surface area contributed by atoms with Crippen molar-refractivity contribution in [2.24, 2.45) is 11.8 Å². The van der Waals surface area contributed by atoms with E-state index in [0.29, 0.717) is 0 Å². The van der Waals surface area contributed by atoms with Gasteiger partial charge in [-0.1, -0.05) is 20.8 Å². The Hall–Kier alpha value is -0.830. The van der Waals surface area contributed by atoms with Gasteiger partial charge < -0.3 is 5.32 Å². The predicted octanol–water partition coefficient (Wildman–Crippen LogP) is 3.03. The highest BCUT2D eigenvalue weighted by Crippen LogP contribution is 2.41. The molecule has 1 heterocycles. The van der Waals surface area contributed by atoms with E-state index in [1.165, 1.54) is 24.9 Å². The largest absolute Gasteiger partial charge is 0.316 e. The molecule has 18 heavy (non-hydrogen) atoms. The minimum absolute atomic E-state index is 0.746. The zero-order chi connectivity index (χ0) is 13.0. The molecule has 0 spiro atoms. The van der Waals surface area contributed by atoms with Gasteiger partial charge in [-0.2, -0.15) is 5.10 Å². The Bertz CT molecular complexity index is 356. The molecular weight excluding hydrogens is 222 g/mol. The van der Waals surface area contributed by atoms with E-state index in [2.05, 4.69) is 48.3 Å². The first kappa shape index (κ1) is 13.6. The number of rotatable bonds is 7. The van der Waals surface area contributed by atoms with E-state index in [0.717, 1.165) is 37.3 Å². The maximum atomic E-state index is 4.45. The minimum atomic E-state index is 0.746. The molecule has 0 aromatic carbocycles. The molecule has 1 N–H and O–H groups in total. The number of hydrogen-bond acceptors (Lipinski definition) is 2. The van der Waals surface area contributed by atoms with Crippen molar-refractivity contribution in [1.82, 2.24) is 15.1 Å². The fourth-order valence-electron chi connectivity index (χ4n) is 2.73. The molecule has 1 aromatic heterocycles. The van der Waals surface area contributed by atoms with Crippen molar-refractivity contribution in [2.45, 2.75) is 52.5 Å². The number of nitrogens with zero attached hydrogens (tertiary/aromatic N) is 2. The molecule has 1 saturated carbocycles. The van der Waals surface area contributed by atoms with Crippen LogP contribution < -0.4 is 5.32 Å². The van der Waals surface area contributed by atoms with Crippen LogP contribution in [0.5, 0.6) is 0 Å². The lowest BCUT2D eigenvalue weighted by Crippen LogP contribution is -2.35. The van der Waals surface area contributed by atoms with Crippen molar-refractivity contribution in [1.29, 1.82) is 0 Å². The molecule has 3 nitrogen and oxygen atoms in total. The van der Waals surface area contributed by atoms with Gasteiger partial charge in [0.1, 0.15) is 0 Å². The molecule has 2 rings (SSSR count). The van der Waals surface area contributed by atoms with Gasteiger partial charge in [0, 0.05) is 12.7 Å². The molecule has 1 aromatic rings. The lowest BCUT2D eigenvalue weighted by atomic mass is 9.71. The number of hydrogen-bond donors (Lipinski definition) is 1. The van der Waals surface area contributed by atoms with Crippen molar-refractivity contribution < 1.29 is 0 Å². The smallest absolute Gasteiger partial charge is 0.0524 e. The summed E-state index contributed by atoms with van der Waals surface area (Å²) in [4.78, 5) is 0. The quantitative estimate of drug-likeness (QED) is 0.805. The Kier molecular flexibility index (Phi) is 4.81. The third kappa shape index (κ3) is 3.35. The van der Waals surface area contributed by atoms with Gasteiger partial charge in [-0.15, -0.1) is 0 Å². The summed E-state index contributed by atoms with van der Waals surface area (Å²) >= 11 is 0.